The highest BCUT2D eigenvalue weighted by Gasteiger charge is 2.33. The molecule has 0 bridgehead atoms. The lowest BCUT2D eigenvalue weighted by Crippen LogP contribution is -2.41. The number of hydrogen-bond acceptors (Lipinski definition) is 3. The molecule has 1 unspecified atom stereocenters. The van der Waals surface area contributed by atoms with E-state index in [9.17, 15) is 8.42 Å². The van der Waals surface area contributed by atoms with Gasteiger partial charge in [-0.2, -0.15) is 4.31 Å². The average molecular weight is 374 g/mol. The summed E-state index contributed by atoms with van der Waals surface area (Å²) in [5, 5.41) is 3.95. The van der Waals surface area contributed by atoms with Crippen LogP contribution in [0.5, 0.6) is 0 Å². The molecular formula is C13H19Cl3N2O2S. The highest BCUT2D eigenvalue weighted by atomic mass is 35.5. The molecule has 0 spiro atoms. The molecule has 1 N–H and O–H groups in total. The van der Waals surface area contributed by atoms with Crippen molar-refractivity contribution in [2.45, 2.75) is 24.6 Å². The molecular weight excluding hydrogens is 355 g/mol. The van der Waals surface area contributed by atoms with Gasteiger partial charge < -0.3 is 5.32 Å². The minimum atomic E-state index is -3.34. The Morgan fingerprint density at radius 3 is 2.48 bits per heavy atom. The van der Waals surface area contributed by atoms with Crippen LogP contribution in [-0.2, 0) is 15.8 Å². The maximum absolute atomic E-state index is 12.5. The Morgan fingerprint density at radius 1 is 1.29 bits per heavy atom. The first-order valence-corrected chi connectivity index (χ1v) is 8.88. The van der Waals surface area contributed by atoms with Crippen LogP contribution in [0.25, 0.3) is 0 Å². The smallest absolute Gasteiger partial charge is 0.218 e. The number of halogens is 3. The molecule has 8 heteroatoms. The topological polar surface area (TPSA) is 49.4 Å². The Kier molecular flexibility index (Phi) is 7.24. The van der Waals surface area contributed by atoms with Crippen molar-refractivity contribution in [3.63, 3.8) is 0 Å². The van der Waals surface area contributed by atoms with Crippen molar-refractivity contribution in [2.24, 2.45) is 0 Å². The van der Waals surface area contributed by atoms with Gasteiger partial charge in [0.15, 0.2) is 0 Å². The lowest BCUT2D eigenvalue weighted by molar-refractivity contribution is 0.378. The summed E-state index contributed by atoms with van der Waals surface area (Å²) < 4.78 is 26.6. The Morgan fingerprint density at radius 2 is 1.90 bits per heavy atom. The van der Waals surface area contributed by atoms with Gasteiger partial charge in [0.05, 0.1) is 5.75 Å². The number of nitrogens with one attached hydrogen (secondary N) is 1. The van der Waals surface area contributed by atoms with E-state index in [2.05, 4.69) is 5.32 Å². The van der Waals surface area contributed by atoms with Crippen molar-refractivity contribution in [3.05, 3.63) is 33.8 Å². The van der Waals surface area contributed by atoms with Crippen molar-refractivity contribution in [2.75, 3.05) is 20.1 Å². The fraction of sp³-hybridized carbons (Fsp3) is 0.538. The normalized spacial score (nSPS) is 19.5. The van der Waals surface area contributed by atoms with Gasteiger partial charge in [0.1, 0.15) is 0 Å². The van der Waals surface area contributed by atoms with E-state index >= 15 is 0 Å². The van der Waals surface area contributed by atoms with Gasteiger partial charge in [-0.15, -0.1) is 12.4 Å². The molecule has 1 aliphatic rings. The standard InChI is InChI=1S/C13H18Cl2N2O2S.ClH/c1-16-8-13-3-2-4-17(13)20(18,19)9-10-5-11(14)7-12(15)6-10;/h5-7,13,16H,2-4,8-9H2,1H3;1H. The van der Waals surface area contributed by atoms with Crippen LogP contribution in [0.4, 0.5) is 0 Å². The first-order valence-electron chi connectivity index (χ1n) is 6.51. The highest BCUT2D eigenvalue weighted by Crippen LogP contribution is 2.25. The van der Waals surface area contributed by atoms with Gasteiger partial charge in [0, 0.05) is 29.2 Å². The Balaban J connectivity index is 0.00000220. The Labute approximate surface area is 142 Å². The molecule has 0 saturated carbocycles. The van der Waals surface area contributed by atoms with Crippen molar-refractivity contribution in [1.29, 1.82) is 0 Å². The zero-order valence-electron chi connectivity index (χ0n) is 11.7. The van der Waals surface area contributed by atoms with Crippen LogP contribution >= 0.6 is 35.6 Å². The number of sulfonamides is 1. The molecule has 2 rings (SSSR count). The zero-order chi connectivity index (χ0) is 14.8. The van der Waals surface area contributed by atoms with Gasteiger partial charge >= 0.3 is 0 Å². The third-order valence-corrected chi connectivity index (χ3v) is 5.72. The molecule has 120 valence electrons. The summed E-state index contributed by atoms with van der Waals surface area (Å²) in [4.78, 5) is 0. The van der Waals surface area contributed by atoms with Crippen LogP contribution < -0.4 is 5.32 Å². The number of rotatable bonds is 5. The van der Waals surface area contributed by atoms with Crippen molar-refractivity contribution >= 4 is 45.6 Å². The van der Waals surface area contributed by atoms with Crippen molar-refractivity contribution < 1.29 is 8.42 Å². The second kappa shape index (κ2) is 7.99. The quantitative estimate of drug-likeness (QED) is 0.863. The molecule has 0 aromatic heterocycles. The third-order valence-electron chi connectivity index (χ3n) is 3.39. The van der Waals surface area contributed by atoms with Crippen LogP contribution in [0.3, 0.4) is 0 Å². The lowest BCUT2D eigenvalue weighted by atomic mass is 10.2. The summed E-state index contributed by atoms with van der Waals surface area (Å²) in [6, 6.07) is 4.93. The van der Waals surface area contributed by atoms with Crippen LogP contribution in [0.1, 0.15) is 18.4 Å². The molecule has 1 aliphatic heterocycles. The molecule has 1 atom stereocenters. The van der Waals surface area contributed by atoms with E-state index in [4.69, 9.17) is 23.2 Å². The SMILES string of the molecule is CNCC1CCCN1S(=O)(=O)Cc1cc(Cl)cc(Cl)c1.Cl. The van der Waals surface area contributed by atoms with Crippen molar-refractivity contribution in [1.82, 2.24) is 9.62 Å². The highest BCUT2D eigenvalue weighted by molar-refractivity contribution is 7.88. The Hall–Kier alpha value is -0.0400. The van der Waals surface area contributed by atoms with E-state index in [1.54, 1.807) is 22.5 Å². The van der Waals surface area contributed by atoms with Crippen molar-refractivity contribution in [3.8, 4) is 0 Å². The second-order valence-electron chi connectivity index (χ2n) is 5.00. The first kappa shape index (κ1) is 19.0. The van der Waals surface area contributed by atoms with Crippen LogP contribution in [0.2, 0.25) is 10.0 Å². The predicted molar refractivity (Wildman–Crippen MR) is 90.0 cm³/mol. The van der Waals surface area contributed by atoms with Gasteiger partial charge in [0.25, 0.3) is 0 Å². The van der Waals surface area contributed by atoms with E-state index < -0.39 is 10.0 Å². The molecule has 0 radical (unpaired) electrons. The summed E-state index contributed by atoms with van der Waals surface area (Å²) in [5.41, 5.74) is 0.623. The molecule has 1 saturated heterocycles. The molecule has 1 fully saturated rings. The summed E-state index contributed by atoms with van der Waals surface area (Å²) >= 11 is 11.8. The number of nitrogens with zero attached hydrogens (tertiary/aromatic N) is 1. The number of likely N-dealkylation sites (N-methyl/N-ethyl adjacent to an activating group) is 1. The van der Waals surface area contributed by atoms with E-state index in [-0.39, 0.29) is 24.2 Å². The van der Waals surface area contributed by atoms with Gasteiger partial charge in [0.2, 0.25) is 10.0 Å². The van der Waals surface area contributed by atoms with E-state index in [0.717, 1.165) is 12.8 Å². The molecule has 0 aliphatic carbocycles. The maximum atomic E-state index is 12.5. The number of benzene rings is 1. The van der Waals surface area contributed by atoms with Gasteiger partial charge in [-0.05, 0) is 43.7 Å². The van der Waals surface area contributed by atoms with Gasteiger partial charge in [-0.3, -0.25) is 0 Å². The minimum Gasteiger partial charge on any atom is -0.318 e. The molecule has 1 heterocycles. The fourth-order valence-electron chi connectivity index (χ4n) is 2.60. The van der Waals surface area contributed by atoms with Gasteiger partial charge in [-0.1, -0.05) is 23.2 Å². The molecule has 1 aromatic carbocycles. The van der Waals surface area contributed by atoms with Crippen LogP contribution in [-0.4, -0.2) is 38.9 Å². The van der Waals surface area contributed by atoms with E-state index in [1.165, 1.54) is 0 Å². The van der Waals surface area contributed by atoms with Crippen LogP contribution in [0.15, 0.2) is 18.2 Å². The third kappa shape index (κ3) is 4.98. The predicted octanol–water partition coefficient (Wildman–Crippen LogP) is 2.93. The second-order valence-corrected chi connectivity index (χ2v) is 7.79. The molecule has 0 amide bonds. The lowest BCUT2D eigenvalue weighted by Gasteiger charge is -2.24. The fourth-order valence-corrected chi connectivity index (χ4v) is 4.97. The number of hydrogen-bond donors (Lipinski definition) is 1. The zero-order valence-corrected chi connectivity index (χ0v) is 14.8. The van der Waals surface area contributed by atoms with E-state index in [0.29, 0.717) is 28.7 Å². The minimum absolute atomic E-state index is 0. The Bertz CT molecular complexity index is 561. The largest absolute Gasteiger partial charge is 0.318 e. The van der Waals surface area contributed by atoms with Crippen LogP contribution in [0, 0.1) is 0 Å². The molecule has 21 heavy (non-hydrogen) atoms. The summed E-state index contributed by atoms with van der Waals surface area (Å²) in [6.07, 6.45) is 1.80. The summed E-state index contributed by atoms with van der Waals surface area (Å²) in [6.45, 7) is 1.26. The maximum Gasteiger partial charge on any atom is 0.218 e. The summed E-state index contributed by atoms with van der Waals surface area (Å²) in [5.74, 6) is -0.0620. The van der Waals surface area contributed by atoms with Gasteiger partial charge in [-0.25, -0.2) is 8.42 Å². The monoisotopic (exact) mass is 372 g/mol. The van der Waals surface area contributed by atoms with E-state index in [1.807, 2.05) is 7.05 Å². The summed E-state index contributed by atoms with van der Waals surface area (Å²) in [7, 11) is -1.51. The molecule has 4 nitrogen and oxygen atoms in total. The first-order chi connectivity index (χ1) is 9.42. The average Bonchev–Trinajstić information content (AvgIpc) is 2.76. The molecule has 1 aromatic rings.